The zero-order valence-corrected chi connectivity index (χ0v) is 25.5. The third-order valence-corrected chi connectivity index (χ3v) is 6.93. The highest BCUT2D eigenvalue weighted by molar-refractivity contribution is 5.45. The van der Waals surface area contributed by atoms with Gasteiger partial charge in [0.15, 0.2) is 0 Å². The van der Waals surface area contributed by atoms with Crippen molar-refractivity contribution in [2.75, 3.05) is 50.0 Å². The first kappa shape index (κ1) is 34.1. The minimum Gasteiger partial charge on any atom is -0.494 e. The van der Waals surface area contributed by atoms with E-state index in [-0.39, 0.29) is 10.9 Å². The molecular weight excluding hydrogens is 514 g/mol. The molecule has 0 atom stereocenters. The Morgan fingerprint density at radius 1 is 0.488 bits per heavy atom. The molecule has 0 radical (unpaired) electrons. The van der Waals surface area contributed by atoms with Crippen molar-refractivity contribution in [1.82, 2.24) is 5.32 Å². The molecule has 2 rings (SSSR count). The molecule has 0 aromatic heterocycles. The van der Waals surface area contributed by atoms with Crippen molar-refractivity contribution >= 4 is 11.4 Å². The van der Waals surface area contributed by atoms with Crippen molar-refractivity contribution in [2.45, 2.75) is 90.9 Å². The number of nitrogens with one attached hydrogen (secondary N) is 3. The number of hydrogen-bond acceptors (Lipinski definition) is 7. The van der Waals surface area contributed by atoms with Gasteiger partial charge in [-0.15, -0.1) is 0 Å². The van der Waals surface area contributed by atoms with Crippen LogP contribution in [0.25, 0.3) is 0 Å². The van der Waals surface area contributed by atoms with E-state index < -0.39 is 0 Å². The summed E-state index contributed by atoms with van der Waals surface area (Å²) in [6, 6.07) is 13.9. The van der Waals surface area contributed by atoms with Crippen molar-refractivity contribution in [2.24, 2.45) is 0 Å². The van der Waals surface area contributed by atoms with E-state index in [0.717, 1.165) is 24.3 Å². The van der Waals surface area contributed by atoms with Crippen molar-refractivity contribution in [1.29, 1.82) is 0 Å². The number of rotatable bonds is 24. The largest absolute Gasteiger partial charge is 0.494 e. The van der Waals surface area contributed by atoms with Gasteiger partial charge in [0.25, 0.3) is 0 Å². The number of anilines is 2. The lowest BCUT2D eigenvalue weighted by molar-refractivity contribution is 0.304. The van der Waals surface area contributed by atoms with Gasteiger partial charge in [-0.05, 0) is 61.4 Å². The van der Waals surface area contributed by atoms with E-state index in [0.29, 0.717) is 50.8 Å². The van der Waals surface area contributed by atoms with Gasteiger partial charge >= 0.3 is 0 Å². The van der Waals surface area contributed by atoms with Gasteiger partial charge < -0.3 is 25.4 Å². The van der Waals surface area contributed by atoms with Crippen molar-refractivity contribution in [3.8, 4) is 11.5 Å². The quantitative estimate of drug-likeness (QED) is 0.118. The molecule has 0 aliphatic rings. The number of ether oxygens (including phenoxy) is 2. The van der Waals surface area contributed by atoms with E-state index >= 15 is 0 Å². The lowest BCUT2D eigenvalue weighted by atomic mass is 10.1. The van der Waals surface area contributed by atoms with Gasteiger partial charge in [0, 0.05) is 26.2 Å². The molecule has 0 aliphatic heterocycles. The molecule has 0 heterocycles. The van der Waals surface area contributed by atoms with Crippen LogP contribution in [0.5, 0.6) is 11.5 Å². The van der Waals surface area contributed by atoms with Crippen LogP contribution in [0.15, 0.2) is 58.1 Å². The first-order chi connectivity index (χ1) is 20.1. The fourth-order valence-corrected chi connectivity index (χ4v) is 4.43. The second-order valence-corrected chi connectivity index (χ2v) is 10.5. The molecule has 0 spiro atoms. The Bertz CT molecular complexity index is 995. The Morgan fingerprint density at radius 3 is 1.32 bits per heavy atom. The van der Waals surface area contributed by atoms with Gasteiger partial charge in [0.1, 0.15) is 11.5 Å². The molecule has 2 aromatic rings. The third kappa shape index (κ3) is 16.1. The fraction of sp³-hybridized carbons (Fsp3) is 0.588. The Morgan fingerprint density at radius 2 is 0.878 bits per heavy atom. The normalized spacial score (nSPS) is 10.8. The van der Waals surface area contributed by atoms with Crippen molar-refractivity contribution in [3.05, 3.63) is 69.0 Å². The number of hydrogen-bond donors (Lipinski definition) is 3. The fourth-order valence-electron chi connectivity index (χ4n) is 4.43. The van der Waals surface area contributed by atoms with Gasteiger partial charge in [-0.2, -0.15) is 0 Å². The molecule has 3 N–H and O–H groups in total. The SMILES string of the molecule is CCCCCCCCOc1ccc(NCCNCCNc2ccc(OCCCCCCCC)ccc2=O)c(=O)cc1. The molecule has 2 aromatic carbocycles. The zero-order valence-electron chi connectivity index (χ0n) is 25.5. The van der Waals surface area contributed by atoms with E-state index in [1.165, 1.54) is 64.2 Å². The van der Waals surface area contributed by atoms with Gasteiger partial charge in [0.05, 0.1) is 24.6 Å². The van der Waals surface area contributed by atoms with Crippen LogP contribution in [0.2, 0.25) is 0 Å². The van der Waals surface area contributed by atoms with E-state index in [2.05, 4.69) is 29.8 Å². The van der Waals surface area contributed by atoms with E-state index in [1.807, 2.05) is 12.1 Å². The monoisotopic (exact) mass is 567 g/mol. The average molecular weight is 568 g/mol. The highest BCUT2D eigenvalue weighted by atomic mass is 16.5. The maximum Gasteiger partial charge on any atom is 0.201 e. The van der Waals surface area contributed by atoms with Crippen LogP contribution in [0, 0.1) is 0 Å². The standard InChI is InChI=1S/C34H53N3O4/c1-3-5-7-9-11-13-27-40-29-15-19-31(33(38)21-17-29)36-25-23-35-24-26-37-32-20-16-30(18-22-34(32)39)41-28-14-12-10-8-6-4-2/h15-22,35H,3-14,23-28H2,1-2H3,(H,36,38)(H,37,39). The van der Waals surface area contributed by atoms with E-state index in [9.17, 15) is 9.59 Å². The molecule has 0 saturated heterocycles. The second kappa shape index (κ2) is 22.6. The van der Waals surface area contributed by atoms with Gasteiger partial charge in [-0.1, -0.05) is 78.1 Å². The maximum absolute atomic E-state index is 12.4. The summed E-state index contributed by atoms with van der Waals surface area (Å²) in [5, 5.41) is 9.74. The smallest absolute Gasteiger partial charge is 0.201 e. The first-order valence-electron chi connectivity index (χ1n) is 15.9. The summed E-state index contributed by atoms with van der Waals surface area (Å²) in [6.07, 6.45) is 14.6. The summed E-state index contributed by atoms with van der Waals surface area (Å²) >= 11 is 0. The molecule has 0 aliphatic carbocycles. The zero-order chi connectivity index (χ0) is 29.4. The Labute approximate surface area is 247 Å². The summed E-state index contributed by atoms with van der Waals surface area (Å²) in [4.78, 5) is 24.8. The summed E-state index contributed by atoms with van der Waals surface area (Å²) < 4.78 is 11.7. The molecule has 0 fully saturated rings. The predicted octanol–water partition coefficient (Wildman–Crippen LogP) is 7.00. The molecule has 0 saturated carbocycles. The average Bonchev–Trinajstić information content (AvgIpc) is 3.26. The van der Waals surface area contributed by atoms with Crippen LogP contribution in [0.4, 0.5) is 11.4 Å². The third-order valence-electron chi connectivity index (χ3n) is 6.93. The first-order valence-corrected chi connectivity index (χ1v) is 15.9. The molecule has 7 nitrogen and oxygen atoms in total. The highest BCUT2D eigenvalue weighted by Crippen LogP contribution is 2.13. The topological polar surface area (TPSA) is 88.7 Å². The molecule has 7 heteroatoms. The summed E-state index contributed by atoms with van der Waals surface area (Å²) in [7, 11) is 0. The highest BCUT2D eigenvalue weighted by Gasteiger charge is 2.01. The van der Waals surface area contributed by atoms with Gasteiger partial charge in [-0.25, -0.2) is 0 Å². The van der Waals surface area contributed by atoms with E-state index in [1.54, 1.807) is 36.4 Å². The molecule has 41 heavy (non-hydrogen) atoms. The van der Waals surface area contributed by atoms with Crippen LogP contribution in [-0.2, 0) is 0 Å². The Balaban J connectivity index is 1.62. The number of unbranched alkanes of at least 4 members (excludes halogenated alkanes) is 10. The van der Waals surface area contributed by atoms with Gasteiger partial charge in [-0.3, -0.25) is 9.59 Å². The molecule has 228 valence electrons. The second-order valence-electron chi connectivity index (χ2n) is 10.5. The minimum absolute atomic E-state index is 0.0590. The van der Waals surface area contributed by atoms with Crippen LogP contribution in [-0.4, -0.2) is 39.4 Å². The summed E-state index contributed by atoms with van der Waals surface area (Å²) in [5.74, 6) is 1.44. The van der Waals surface area contributed by atoms with Gasteiger partial charge in [0.2, 0.25) is 10.9 Å². The van der Waals surface area contributed by atoms with Crippen molar-refractivity contribution < 1.29 is 9.47 Å². The predicted molar refractivity (Wildman–Crippen MR) is 173 cm³/mol. The summed E-state index contributed by atoms with van der Waals surface area (Å²) in [5.41, 5.74) is 0.996. The van der Waals surface area contributed by atoms with Crippen LogP contribution in [0.1, 0.15) is 90.9 Å². The molecule has 0 amide bonds. The molecule has 0 bridgehead atoms. The molecule has 0 unspecified atom stereocenters. The van der Waals surface area contributed by atoms with Crippen LogP contribution < -0.4 is 36.3 Å². The van der Waals surface area contributed by atoms with Crippen molar-refractivity contribution in [3.63, 3.8) is 0 Å². The van der Waals surface area contributed by atoms with Crippen LogP contribution >= 0.6 is 0 Å². The lowest BCUT2D eigenvalue weighted by Gasteiger charge is -2.08. The molecular formula is C34H53N3O4. The Hall–Kier alpha value is -3.06. The Kier molecular flexibility index (Phi) is 18.8. The lowest BCUT2D eigenvalue weighted by Crippen LogP contribution is -2.28. The maximum atomic E-state index is 12.4. The van der Waals surface area contributed by atoms with Crippen LogP contribution in [0.3, 0.4) is 0 Å². The minimum atomic E-state index is -0.0590. The summed E-state index contributed by atoms with van der Waals surface area (Å²) in [6.45, 7) is 8.39. The van der Waals surface area contributed by atoms with E-state index in [4.69, 9.17) is 9.47 Å².